The Hall–Kier alpha value is -11.1. The summed E-state index contributed by atoms with van der Waals surface area (Å²) in [6.45, 7) is 11.8. The average molecular weight is 1610 g/mol. The van der Waals surface area contributed by atoms with Crippen LogP contribution in [0, 0.1) is 16.7 Å². The molecule has 0 saturated heterocycles. The van der Waals surface area contributed by atoms with Gasteiger partial charge in [-0.05, 0) is 109 Å². The van der Waals surface area contributed by atoms with Crippen LogP contribution in [-0.4, -0.2) is 215 Å². The number of nitrogens with two attached hydrogens (primary N) is 2. The van der Waals surface area contributed by atoms with Crippen LogP contribution in [0.15, 0.2) is 97.3 Å². The number of amides is 12. The lowest BCUT2D eigenvalue weighted by Gasteiger charge is -2.32. The molecule has 5 aromatic rings. The van der Waals surface area contributed by atoms with Gasteiger partial charge in [0, 0.05) is 79.4 Å². The number of hydrogen-bond acceptors (Lipinski definition) is 21. The van der Waals surface area contributed by atoms with Crippen molar-refractivity contribution in [3.05, 3.63) is 125 Å². The van der Waals surface area contributed by atoms with Crippen molar-refractivity contribution in [2.45, 2.75) is 203 Å². The van der Waals surface area contributed by atoms with Gasteiger partial charge in [-0.25, -0.2) is 4.98 Å². The van der Waals surface area contributed by atoms with Crippen molar-refractivity contribution in [1.29, 1.82) is 5.41 Å². The second kappa shape index (κ2) is 43.7. The number of thioether (sulfide) groups is 2. The number of phenolic OH excluding ortho intramolecular Hbond substituents is 2. The first-order valence-electron chi connectivity index (χ1n) is 36.9. The van der Waals surface area contributed by atoms with Crippen molar-refractivity contribution in [1.82, 2.24) is 73.8 Å². The molecule has 2 bridgehead atoms. The highest BCUT2D eigenvalue weighted by atomic mass is 32.2. The van der Waals surface area contributed by atoms with Gasteiger partial charge in [-0.2, -0.15) is 23.5 Å². The maximum atomic E-state index is 15.1. The molecule has 12 amide bonds. The number of guanidine groups is 1. The normalized spacial score (nSPS) is 23.5. The summed E-state index contributed by atoms with van der Waals surface area (Å²) in [6, 6.07) is 3.95. The Labute approximate surface area is 662 Å². The quantitative estimate of drug-likeness (QED) is 0.0384. The fourth-order valence-corrected chi connectivity index (χ4v) is 13.9. The largest absolute Gasteiger partial charge is 0.508 e. The second-order valence-corrected chi connectivity index (χ2v) is 31.3. The Morgan fingerprint density at radius 3 is 1.57 bits per heavy atom. The van der Waals surface area contributed by atoms with Gasteiger partial charge in [0.25, 0.3) is 0 Å². The highest BCUT2D eigenvalue weighted by molar-refractivity contribution is 7.98. The number of carbonyl (C=O) groups excluding carboxylic acids is 12. The first-order valence-corrected chi connectivity index (χ1v) is 39.2. The van der Waals surface area contributed by atoms with E-state index in [4.69, 9.17) is 16.9 Å². The molecule has 37 heteroatoms. The topological polar surface area (TPSA) is 572 Å². The number of aromatic nitrogens is 2. The second-order valence-electron chi connectivity index (χ2n) is 29.2. The van der Waals surface area contributed by atoms with E-state index < -0.39 is 192 Å². The van der Waals surface area contributed by atoms with Gasteiger partial charge in [0.1, 0.15) is 83.6 Å². The number of benzene rings is 3. The third kappa shape index (κ3) is 29.5. The van der Waals surface area contributed by atoms with Gasteiger partial charge in [-0.1, -0.05) is 96.5 Å². The first kappa shape index (κ1) is 90.8. The zero-order valence-corrected chi connectivity index (χ0v) is 65.8. The minimum absolute atomic E-state index is 0.0603. The number of carbonyl (C=O) groups is 13. The smallest absolute Gasteiger partial charge is 0.303 e. The van der Waals surface area contributed by atoms with Crippen LogP contribution in [0.25, 0.3) is 11.0 Å². The Kier molecular flexibility index (Phi) is 35.1. The number of carboxylic acids is 1. The molecule has 113 heavy (non-hydrogen) atoms. The number of aliphatic hydroxyl groups is 2. The number of aromatic hydroxyl groups is 2. The van der Waals surface area contributed by atoms with Gasteiger partial charge >= 0.3 is 5.97 Å². The zero-order chi connectivity index (χ0) is 83.4. The molecule has 6 rings (SSSR count). The van der Waals surface area contributed by atoms with Crippen LogP contribution in [-0.2, 0) is 93.1 Å². The van der Waals surface area contributed by atoms with Crippen LogP contribution in [0.2, 0.25) is 0 Å². The van der Waals surface area contributed by atoms with E-state index in [1.54, 1.807) is 53.7 Å². The lowest BCUT2D eigenvalue weighted by molar-refractivity contribution is -0.139. The van der Waals surface area contributed by atoms with Gasteiger partial charge in [0.2, 0.25) is 70.9 Å². The third-order valence-corrected chi connectivity index (χ3v) is 20.2. The average Bonchev–Trinajstić information content (AvgIpc) is 1.76. The number of nitrogens with one attached hydrogen (secondary N) is 14. The molecule has 0 aliphatic carbocycles. The van der Waals surface area contributed by atoms with E-state index in [0.29, 0.717) is 39.2 Å². The summed E-state index contributed by atoms with van der Waals surface area (Å²) >= 11 is 2.65. The molecule has 614 valence electrons. The minimum atomic E-state index is -1.96. The lowest BCUT2D eigenvalue weighted by atomic mass is 9.85. The summed E-state index contributed by atoms with van der Waals surface area (Å²) in [5.41, 5.74) is 13.7. The number of carboxylic acid groups (broad SMARTS) is 1. The maximum Gasteiger partial charge on any atom is 0.303 e. The highest BCUT2D eigenvalue weighted by Gasteiger charge is 2.40. The van der Waals surface area contributed by atoms with Crippen molar-refractivity contribution in [2.24, 2.45) is 22.8 Å². The number of hydrogen-bond donors (Lipinski definition) is 21. The summed E-state index contributed by atoms with van der Waals surface area (Å²) in [5.74, 6) is -13.7. The van der Waals surface area contributed by atoms with Crippen LogP contribution < -0.4 is 75.3 Å². The van der Waals surface area contributed by atoms with E-state index >= 15 is 4.79 Å². The summed E-state index contributed by atoms with van der Waals surface area (Å²) in [5, 5.41) is 91.9. The van der Waals surface area contributed by atoms with Crippen molar-refractivity contribution in [3.8, 4) is 11.5 Å². The molecule has 0 radical (unpaired) electrons. The molecule has 35 nitrogen and oxygen atoms in total. The molecule has 0 saturated carbocycles. The Balaban J connectivity index is 1.40. The molecule has 1 aliphatic rings. The minimum Gasteiger partial charge on any atom is -0.508 e. The third-order valence-electron chi connectivity index (χ3n) is 18.1. The van der Waals surface area contributed by atoms with Gasteiger partial charge < -0.3 is 106 Å². The summed E-state index contributed by atoms with van der Waals surface area (Å²) in [6.07, 6.45) is -2.82. The number of primary amides is 1. The molecule has 0 unspecified atom stereocenters. The molecule has 3 aromatic carbocycles. The molecule has 0 fully saturated rings. The number of aliphatic carboxylic acids is 1. The summed E-state index contributed by atoms with van der Waals surface area (Å²) in [4.78, 5) is 193. The van der Waals surface area contributed by atoms with Crippen molar-refractivity contribution in [2.75, 3.05) is 18.1 Å². The SMILES string of the molecule is CCC[C@@H]1NC(=O)[C@H](Cc2ccc(O)cc2)NC(=O)[C@H](CCC(=O)O)NC(=O)[C@H](CC(C)C)NC(=O)[C@H](Cc2c[nH]c3ncccc23)NC(=O)[C@H]([C@@H](C)O)NC(=O)[C@H](CNC(=N)N)NC(=O)[C@H](Cc2ccc(O)cc2)NC(=O)[C@H](C(C)(C)C)NC(=O)CCSCc2cccc(c2)CSC[C@@H](C(N)=O)NC(=O)[C@H]([C@@H](C)O)NC1=O. The van der Waals surface area contributed by atoms with Crippen LogP contribution in [0.3, 0.4) is 0 Å². The number of phenols is 2. The number of pyridine rings is 1. The zero-order valence-electron chi connectivity index (χ0n) is 64.2. The fourth-order valence-electron chi connectivity index (χ4n) is 12.0. The van der Waals surface area contributed by atoms with Gasteiger partial charge in [-0.15, -0.1) is 0 Å². The Bertz CT molecular complexity index is 4160. The molecule has 1 aliphatic heterocycles. The number of aromatic amines is 1. The van der Waals surface area contributed by atoms with Gasteiger partial charge in [0.05, 0.1) is 12.2 Å². The van der Waals surface area contributed by atoms with Crippen LogP contribution >= 0.6 is 23.5 Å². The lowest BCUT2D eigenvalue weighted by Crippen LogP contribution is -2.64. The molecule has 13 atom stereocenters. The summed E-state index contributed by atoms with van der Waals surface area (Å²) in [7, 11) is 0. The van der Waals surface area contributed by atoms with E-state index in [1.807, 2.05) is 24.3 Å². The van der Waals surface area contributed by atoms with Gasteiger partial charge in [0.15, 0.2) is 5.96 Å². The van der Waals surface area contributed by atoms with E-state index in [9.17, 15) is 83.1 Å². The number of H-pyrrole nitrogens is 1. The van der Waals surface area contributed by atoms with Crippen LogP contribution in [0.4, 0.5) is 0 Å². The van der Waals surface area contributed by atoms with Crippen molar-refractivity contribution >= 4 is 117 Å². The van der Waals surface area contributed by atoms with E-state index in [-0.39, 0.29) is 68.0 Å². The van der Waals surface area contributed by atoms with Crippen molar-refractivity contribution < 1.29 is 87.9 Å². The standard InChI is InChI=1S/C76H105N17O18S2/c1-9-12-50-66(103)92-61(41(5)95)73(110)90-57(63(77)101)38-113-37-45-14-10-13-44(30-45)36-112-28-26-58(98)91-62(76(6,7)8)74(111)88-54(32-43-18-22-48(97)23-19-43)69(106)89-56(35-82-75(78)79)71(108)93-60(40(4)94)72(109)87-55(33-46-34-81-64-49(46)15-11-27-80-64)70(107)85-52(29-39(2)3)67(104)84-51(24-25-59(99)100)65(102)86-53(68(105)83-50)31-42-16-20-47(96)21-17-42/h10-11,13-23,27,30,34,39-41,50-57,60-62,94-97H,9,12,24-26,28-29,31-33,35-38H2,1-8H3,(H2,77,101)(H,80,81)(H,83,105)(H,84,104)(H,85,107)(H,86,102)(H,87,109)(H,88,111)(H,89,106)(H,90,110)(H,91,98)(H,92,103)(H,93,108)(H,99,100)(H4,78,79,82)/t40-,41-,50+,51+,52+,53+,54+,55+,56+,57+,60+,61+,62-/m1/s1. The first-order chi connectivity index (χ1) is 53.4. The monoisotopic (exact) mass is 1610 g/mol. The number of rotatable bonds is 18. The number of aliphatic hydroxyl groups excluding tert-OH is 2. The van der Waals surface area contributed by atoms with Crippen LogP contribution in [0.5, 0.6) is 11.5 Å². The molecule has 0 spiro atoms. The predicted molar refractivity (Wildman–Crippen MR) is 421 cm³/mol. The molecule has 23 N–H and O–H groups in total. The fraction of sp³-hybridized carbons (Fsp3) is 0.487. The van der Waals surface area contributed by atoms with E-state index in [0.717, 1.165) is 18.1 Å². The van der Waals surface area contributed by atoms with Crippen LogP contribution in [0.1, 0.15) is 122 Å². The van der Waals surface area contributed by atoms with E-state index in [2.05, 4.69) is 73.8 Å². The predicted octanol–water partition coefficient (Wildman–Crippen LogP) is -0.608. The van der Waals surface area contributed by atoms with E-state index in [1.165, 1.54) is 91.4 Å². The number of nitrogens with zero attached hydrogens (tertiary/aromatic N) is 1. The Morgan fingerprint density at radius 1 is 0.575 bits per heavy atom. The molecular weight excluding hydrogens is 1500 g/mol. The number of fused-ring (bicyclic) bond motifs is 3. The van der Waals surface area contributed by atoms with Crippen molar-refractivity contribution in [3.63, 3.8) is 0 Å². The highest BCUT2D eigenvalue weighted by Crippen LogP contribution is 2.24. The maximum absolute atomic E-state index is 15.1. The van der Waals surface area contributed by atoms with Gasteiger partial charge in [-0.3, -0.25) is 67.7 Å². The molecule has 2 aromatic heterocycles. The molecular formula is C76H105N17O18S2. The summed E-state index contributed by atoms with van der Waals surface area (Å²) < 4.78 is 0. The Morgan fingerprint density at radius 2 is 1.04 bits per heavy atom. The molecule has 3 heterocycles.